The van der Waals surface area contributed by atoms with E-state index in [1.807, 2.05) is 18.2 Å². The average Bonchev–Trinajstić information content (AvgIpc) is 2.58. The Labute approximate surface area is 129 Å². The van der Waals surface area contributed by atoms with Gasteiger partial charge in [-0.2, -0.15) is 0 Å². The van der Waals surface area contributed by atoms with Gasteiger partial charge in [0.2, 0.25) is 0 Å². The van der Waals surface area contributed by atoms with Gasteiger partial charge >= 0.3 is 5.97 Å². The molecule has 0 saturated heterocycles. The Kier molecular flexibility index (Phi) is 6.11. The van der Waals surface area contributed by atoms with E-state index in [0.29, 0.717) is 12.1 Å². The van der Waals surface area contributed by atoms with Gasteiger partial charge in [-0.15, -0.1) is 0 Å². The minimum absolute atomic E-state index is 0.279. The highest BCUT2D eigenvalue weighted by atomic mass is 16.5. The lowest BCUT2D eigenvalue weighted by Crippen LogP contribution is -2.29. The minimum Gasteiger partial charge on any atom is -0.452 e. The topological polar surface area (TPSA) is 68.3 Å². The van der Waals surface area contributed by atoms with E-state index in [-0.39, 0.29) is 12.5 Å². The molecule has 0 spiro atoms. The first-order valence-electron chi connectivity index (χ1n) is 7.13. The Morgan fingerprint density at radius 2 is 1.91 bits per heavy atom. The number of hydrogen-bond donors (Lipinski definition) is 1. The van der Waals surface area contributed by atoms with E-state index < -0.39 is 5.97 Å². The first kappa shape index (κ1) is 15.7. The highest BCUT2D eigenvalue weighted by Gasteiger charge is 2.09. The van der Waals surface area contributed by atoms with Gasteiger partial charge in [0.25, 0.3) is 5.91 Å². The molecule has 0 fully saturated rings. The van der Waals surface area contributed by atoms with Gasteiger partial charge in [0.1, 0.15) is 0 Å². The fourth-order valence-electron chi connectivity index (χ4n) is 1.91. The number of nitrogens with zero attached hydrogens (tertiary/aromatic N) is 1. The normalized spacial score (nSPS) is 10.0. The van der Waals surface area contributed by atoms with Crippen molar-refractivity contribution >= 4 is 11.9 Å². The Hall–Kier alpha value is -2.69. The molecule has 1 aromatic heterocycles. The molecule has 5 heteroatoms. The van der Waals surface area contributed by atoms with Crippen LogP contribution in [0.4, 0.5) is 0 Å². The van der Waals surface area contributed by atoms with Crippen LogP contribution in [0.2, 0.25) is 0 Å². The molecule has 22 heavy (non-hydrogen) atoms. The van der Waals surface area contributed by atoms with E-state index in [1.165, 1.54) is 11.8 Å². The van der Waals surface area contributed by atoms with Gasteiger partial charge in [-0.05, 0) is 30.5 Å². The number of aromatic nitrogens is 1. The third kappa shape index (κ3) is 5.36. The highest BCUT2D eigenvalue weighted by Crippen LogP contribution is 2.01. The lowest BCUT2D eigenvalue weighted by Gasteiger charge is -2.06. The van der Waals surface area contributed by atoms with Crippen molar-refractivity contribution in [2.75, 3.05) is 13.2 Å². The molecule has 5 nitrogen and oxygen atoms in total. The number of hydrogen-bond acceptors (Lipinski definition) is 4. The summed E-state index contributed by atoms with van der Waals surface area (Å²) in [7, 11) is 0. The number of benzene rings is 1. The second-order valence-corrected chi connectivity index (χ2v) is 4.76. The third-order valence-corrected chi connectivity index (χ3v) is 3.04. The van der Waals surface area contributed by atoms with Crippen molar-refractivity contribution in [2.24, 2.45) is 0 Å². The fraction of sp³-hybridized carbons (Fsp3) is 0.235. The highest BCUT2D eigenvalue weighted by molar-refractivity contribution is 5.90. The van der Waals surface area contributed by atoms with Gasteiger partial charge in [-0.25, -0.2) is 4.79 Å². The van der Waals surface area contributed by atoms with E-state index in [0.717, 1.165) is 12.8 Å². The molecule has 1 N–H and O–H groups in total. The molecule has 0 saturated carbocycles. The first-order valence-corrected chi connectivity index (χ1v) is 7.13. The Morgan fingerprint density at radius 1 is 1.09 bits per heavy atom. The fourth-order valence-corrected chi connectivity index (χ4v) is 1.91. The van der Waals surface area contributed by atoms with E-state index >= 15 is 0 Å². The number of carbonyl (C=O) groups is 2. The predicted molar refractivity (Wildman–Crippen MR) is 82.3 cm³/mol. The standard InChI is InChI=1S/C17H18N2O3/c20-16(13-22-17(21)15-9-5-10-18-12-15)19-11-4-8-14-6-2-1-3-7-14/h1-3,5-7,9-10,12H,4,8,11,13H2,(H,19,20). The molecular formula is C17H18N2O3. The maximum Gasteiger partial charge on any atom is 0.340 e. The van der Waals surface area contributed by atoms with Gasteiger partial charge in [-0.1, -0.05) is 30.3 Å². The summed E-state index contributed by atoms with van der Waals surface area (Å²) in [6, 6.07) is 13.3. The summed E-state index contributed by atoms with van der Waals surface area (Å²) < 4.78 is 4.91. The summed E-state index contributed by atoms with van der Waals surface area (Å²) in [6.07, 6.45) is 4.71. The molecule has 2 aromatic rings. The van der Waals surface area contributed by atoms with E-state index in [2.05, 4.69) is 22.4 Å². The van der Waals surface area contributed by atoms with Crippen LogP contribution in [0.1, 0.15) is 22.3 Å². The SMILES string of the molecule is O=C(COC(=O)c1cccnc1)NCCCc1ccccc1. The molecule has 0 atom stereocenters. The molecule has 1 aromatic carbocycles. The molecule has 0 unspecified atom stereocenters. The number of ether oxygens (including phenoxy) is 1. The zero-order chi connectivity index (χ0) is 15.6. The van der Waals surface area contributed by atoms with Crippen molar-refractivity contribution in [2.45, 2.75) is 12.8 Å². The van der Waals surface area contributed by atoms with Gasteiger partial charge in [0.15, 0.2) is 6.61 Å². The summed E-state index contributed by atoms with van der Waals surface area (Å²) in [6.45, 7) is 0.275. The number of pyridine rings is 1. The van der Waals surface area contributed by atoms with Crippen LogP contribution in [0.3, 0.4) is 0 Å². The van der Waals surface area contributed by atoms with Crippen LogP contribution >= 0.6 is 0 Å². The summed E-state index contributed by atoms with van der Waals surface area (Å²) >= 11 is 0. The molecular weight excluding hydrogens is 280 g/mol. The zero-order valence-corrected chi connectivity index (χ0v) is 12.2. The first-order chi connectivity index (χ1) is 10.8. The van der Waals surface area contributed by atoms with Crippen LogP contribution in [-0.4, -0.2) is 30.0 Å². The maximum absolute atomic E-state index is 11.6. The molecule has 1 heterocycles. The maximum atomic E-state index is 11.6. The van der Waals surface area contributed by atoms with Gasteiger partial charge < -0.3 is 10.1 Å². The minimum atomic E-state index is -0.549. The van der Waals surface area contributed by atoms with E-state index in [9.17, 15) is 9.59 Å². The van der Waals surface area contributed by atoms with Crippen molar-refractivity contribution in [1.29, 1.82) is 0 Å². The lowest BCUT2D eigenvalue weighted by atomic mass is 10.1. The monoisotopic (exact) mass is 298 g/mol. The van der Waals surface area contributed by atoms with Crippen LogP contribution in [-0.2, 0) is 16.0 Å². The average molecular weight is 298 g/mol. The van der Waals surface area contributed by atoms with Crippen LogP contribution < -0.4 is 5.32 Å². The Bertz CT molecular complexity index is 600. The molecule has 114 valence electrons. The van der Waals surface area contributed by atoms with Crippen molar-refractivity contribution in [1.82, 2.24) is 10.3 Å². The van der Waals surface area contributed by atoms with Gasteiger partial charge in [0.05, 0.1) is 5.56 Å². The molecule has 0 aliphatic rings. The number of carbonyl (C=O) groups excluding carboxylic acids is 2. The molecule has 1 amide bonds. The molecule has 0 aliphatic heterocycles. The van der Waals surface area contributed by atoms with Crippen LogP contribution in [0.5, 0.6) is 0 Å². The molecule has 2 rings (SSSR count). The largest absolute Gasteiger partial charge is 0.452 e. The van der Waals surface area contributed by atoms with Crippen molar-refractivity contribution < 1.29 is 14.3 Å². The van der Waals surface area contributed by atoms with Gasteiger partial charge in [-0.3, -0.25) is 9.78 Å². The number of rotatable bonds is 7. The number of aryl methyl sites for hydroxylation is 1. The van der Waals surface area contributed by atoms with Crippen molar-refractivity contribution in [3.05, 3.63) is 66.0 Å². The molecule has 0 aliphatic carbocycles. The number of nitrogens with one attached hydrogen (secondary N) is 1. The second kappa shape index (κ2) is 8.56. The smallest absolute Gasteiger partial charge is 0.340 e. The summed E-state index contributed by atoms with van der Waals surface area (Å²) in [5, 5.41) is 2.73. The van der Waals surface area contributed by atoms with Crippen LogP contribution in [0.15, 0.2) is 54.9 Å². The van der Waals surface area contributed by atoms with Crippen LogP contribution in [0, 0.1) is 0 Å². The van der Waals surface area contributed by atoms with E-state index in [1.54, 1.807) is 18.3 Å². The predicted octanol–water partition coefficient (Wildman–Crippen LogP) is 1.99. The summed E-state index contributed by atoms with van der Waals surface area (Å²) in [5.41, 5.74) is 1.57. The summed E-state index contributed by atoms with van der Waals surface area (Å²) in [4.78, 5) is 27.0. The number of amides is 1. The van der Waals surface area contributed by atoms with Gasteiger partial charge in [0, 0.05) is 18.9 Å². The molecule has 0 radical (unpaired) electrons. The van der Waals surface area contributed by atoms with Crippen molar-refractivity contribution in [3.8, 4) is 0 Å². The summed E-state index contributed by atoms with van der Waals surface area (Å²) in [5.74, 6) is -0.849. The number of esters is 1. The Balaban J connectivity index is 1.61. The van der Waals surface area contributed by atoms with Crippen LogP contribution in [0.25, 0.3) is 0 Å². The third-order valence-electron chi connectivity index (χ3n) is 3.04. The zero-order valence-electron chi connectivity index (χ0n) is 12.2. The van der Waals surface area contributed by atoms with Crippen molar-refractivity contribution in [3.63, 3.8) is 0 Å². The van der Waals surface area contributed by atoms with E-state index in [4.69, 9.17) is 4.74 Å². The Morgan fingerprint density at radius 3 is 2.64 bits per heavy atom. The molecule has 0 bridgehead atoms. The second-order valence-electron chi connectivity index (χ2n) is 4.76. The lowest BCUT2D eigenvalue weighted by molar-refractivity contribution is -0.124. The quantitative estimate of drug-likeness (QED) is 0.627.